The zero-order valence-corrected chi connectivity index (χ0v) is 10.3. The van der Waals surface area contributed by atoms with Gasteiger partial charge in [-0.15, -0.1) is 0 Å². The minimum atomic E-state index is -0.508. The summed E-state index contributed by atoms with van der Waals surface area (Å²) in [6.45, 7) is 2.25. The second kappa shape index (κ2) is 5.59. The third-order valence-electron chi connectivity index (χ3n) is 1.65. The second-order valence-electron chi connectivity index (χ2n) is 2.89. The molecule has 0 aliphatic heterocycles. The SMILES string of the molecule is CCCOC(=O)c1cc(Cl)cc(Cl)c1Cl. The van der Waals surface area contributed by atoms with Crippen LogP contribution in [0.2, 0.25) is 15.1 Å². The smallest absolute Gasteiger partial charge is 0.339 e. The van der Waals surface area contributed by atoms with E-state index in [0.717, 1.165) is 6.42 Å². The number of hydrogen-bond acceptors (Lipinski definition) is 2. The third kappa shape index (κ3) is 3.26. The van der Waals surface area contributed by atoms with E-state index in [1.807, 2.05) is 6.92 Å². The summed E-state index contributed by atoms with van der Waals surface area (Å²) in [6, 6.07) is 2.91. The van der Waals surface area contributed by atoms with Gasteiger partial charge in [-0.25, -0.2) is 4.79 Å². The fourth-order valence-electron chi connectivity index (χ4n) is 0.977. The summed E-state index contributed by atoms with van der Waals surface area (Å²) in [6.07, 6.45) is 0.748. The molecule has 1 aromatic rings. The maximum Gasteiger partial charge on any atom is 0.339 e. The van der Waals surface area contributed by atoms with Crippen LogP contribution in [0.4, 0.5) is 0 Å². The molecule has 2 nitrogen and oxygen atoms in total. The number of halogens is 3. The molecule has 0 amide bonds. The van der Waals surface area contributed by atoms with Gasteiger partial charge in [0.05, 0.1) is 22.2 Å². The van der Waals surface area contributed by atoms with Crippen LogP contribution in [-0.2, 0) is 4.74 Å². The van der Waals surface area contributed by atoms with E-state index in [0.29, 0.717) is 11.6 Å². The van der Waals surface area contributed by atoms with Crippen LogP contribution in [0.5, 0.6) is 0 Å². The van der Waals surface area contributed by atoms with Crippen LogP contribution in [0.25, 0.3) is 0 Å². The second-order valence-corrected chi connectivity index (χ2v) is 4.11. The number of carbonyl (C=O) groups is 1. The van der Waals surface area contributed by atoms with E-state index in [2.05, 4.69) is 0 Å². The summed E-state index contributed by atoms with van der Waals surface area (Å²) in [5, 5.41) is 0.766. The number of ether oxygens (including phenoxy) is 1. The molecule has 0 saturated carbocycles. The molecule has 0 spiro atoms. The van der Waals surface area contributed by atoms with Crippen molar-refractivity contribution in [3.05, 3.63) is 32.8 Å². The van der Waals surface area contributed by atoms with Crippen LogP contribution in [0.1, 0.15) is 23.7 Å². The average Bonchev–Trinajstić information content (AvgIpc) is 2.19. The van der Waals surface area contributed by atoms with Gasteiger partial charge in [0.1, 0.15) is 0 Å². The van der Waals surface area contributed by atoms with E-state index in [1.54, 1.807) is 0 Å². The van der Waals surface area contributed by atoms with Gasteiger partial charge in [0.15, 0.2) is 0 Å². The Bertz CT molecular complexity index is 377. The van der Waals surface area contributed by atoms with Gasteiger partial charge >= 0.3 is 5.97 Å². The molecule has 1 rings (SSSR count). The van der Waals surface area contributed by atoms with Crippen molar-refractivity contribution >= 4 is 40.8 Å². The lowest BCUT2D eigenvalue weighted by atomic mass is 10.2. The van der Waals surface area contributed by atoms with Gasteiger partial charge in [-0.05, 0) is 18.6 Å². The Morgan fingerprint density at radius 2 is 2.00 bits per heavy atom. The minimum Gasteiger partial charge on any atom is -0.462 e. The van der Waals surface area contributed by atoms with E-state index >= 15 is 0 Å². The standard InChI is InChI=1S/C10H9Cl3O2/c1-2-3-15-10(14)7-4-6(11)5-8(12)9(7)13/h4-5H,2-3H2,1H3. The van der Waals surface area contributed by atoms with E-state index in [4.69, 9.17) is 39.5 Å². The van der Waals surface area contributed by atoms with Crippen LogP contribution >= 0.6 is 34.8 Å². The van der Waals surface area contributed by atoms with Crippen molar-refractivity contribution < 1.29 is 9.53 Å². The van der Waals surface area contributed by atoms with Crippen molar-refractivity contribution in [2.45, 2.75) is 13.3 Å². The summed E-state index contributed by atoms with van der Waals surface area (Å²) in [5.41, 5.74) is 0.197. The molecular formula is C10H9Cl3O2. The first-order valence-corrected chi connectivity index (χ1v) is 5.51. The van der Waals surface area contributed by atoms with Gasteiger partial charge in [-0.3, -0.25) is 0 Å². The van der Waals surface area contributed by atoms with Crippen molar-refractivity contribution in [1.82, 2.24) is 0 Å². The number of carbonyl (C=O) groups excluding carboxylic acids is 1. The van der Waals surface area contributed by atoms with Crippen molar-refractivity contribution in [2.75, 3.05) is 6.61 Å². The topological polar surface area (TPSA) is 26.3 Å². The molecule has 0 radical (unpaired) electrons. The molecule has 0 atom stereocenters. The first-order valence-electron chi connectivity index (χ1n) is 4.38. The number of hydrogen-bond donors (Lipinski definition) is 0. The quantitative estimate of drug-likeness (QED) is 0.605. The zero-order chi connectivity index (χ0) is 11.4. The van der Waals surface area contributed by atoms with E-state index in [9.17, 15) is 4.79 Å². The first kappa shape index (κ1) is 12.6. The fraction of sp³-hybridized carbons (Fsp3) is 0.300. The molecule has 0 bridgehead atoms. The summed E-state index contributed by atoms with van der Waals surface area (Å²) >= 11 is 17.4. The van der Waals surface area contributed by atoms with Crippen molar-refractivity contribution in [3.63, 3.8) is 0 Å². The Morgan fingerprint density at radius 3 is 2.60 bits per heavy atom. The predicted octanol–water partition coefficient (Wildman–Crippen LogP) is 4.21. The summed E-state index contributed by atoms with van der Waals surface area (Å²) in [7, 11) is 0. The van der Waals surface area contributed by atoms with Crippen molar-refractivity contribution in [3.8, 4) is 0 Å². The maximum atomic E-state index is 11.5. The molecule has 0 fully saturated rings. The summed E-state index contributed by atoms with van der Waals surface area (Å²) < 4.78 is 4.93. The highest BCUT2D eigenvalue weighted by molar-refractivity contribution is 6.45. The molecule has 1 aromatic carbocycles. The Balaban J connectivity index is 2.98. The van der Waals surface area contributed by atoms with Gasteiger partial charge in [-0.2, -0.15) is 0 Å². The Kier molecular flexibility index (Phi) is 4.71. The van der Waals surface area contributed by atoms with Gasteiger partial charge in [-0.1, -0.05) is 41.7 Å². The van der Waals surface area contributed by atoms with E-state index in [1.165, 1.54) is 12.1 Å². The lowest BCUT2D eigenvalue weighted by Gasteiger charge is -2.06. The number of benzene rings is 1. The van der Waals surface area contributed by atoms with Gasteiger partial charge in [0, 0.05) is 5.02 Å². The molecule has 0 saturated heterocycles. The molecule has 0 aromatic heterocycles. The number of rotatable bonds is 3. The molecule has 15 heavy (non-hydrogen) atoms. The van der Waals surface area contributed by atoms with Gasteiger partial charge < -0.3 is 4.74 Å². The molecular weight excluding hydrogens is 258 g/mol. The third-order valence-corrected chi connectivity index (χ3v) is 2.67. The normalized spacial score (nSPS) is 10.1. The average molecular weight is 268 g/mol. The zero-order valence-electron chi connectivity index (χ0n) is 8.02. The van der Waals surface area contributed by atoms with Crippen LogP contribution in [-0.4, -0.2) is 12.6 Å². The number of esters is 1. The molecule has 0 unspecified atom stereocenters. The molecule has 82 valence electrons. The summed E-state index contributed by atoms with van der Waals surface area (Å²) in [5.74, 6) is -0.508. The lowest BCUT2D eigenvalue weighted by molar-refractivity contribution is 0.0505. The van der Waals surface area contributed by atoms with Crippen LogP contribution in [0.3, 0.4) is 0 Å². The largest absolute Gasteiger partial charge is 0.462 e. The van der Waals surface area contributed by atoms with Gasteiger partial charge in [0.25, 0.3) is 0 Å². The van der Waals surface area contributed by atoms with Crippen LogP contribution in [0, 0.1) is 0 Å². The van der Waals surface area contributed by atoms with Crippen molar-refractivity contribution in [2.24, 2.45) is 0 Å². The van der Waals surface area contributed by atoms with Crippen molar-refractivity contribution in [1.29, 1.82) is 0 Å². The fourth-order valence-corrected chi connectivity index (χ4v) is 1.66. The Hall–Kier alpha value is -0.440. The summed E-state index contributed by atoms with van der Waals surface area (Å²) in [4.78, 5) is 11.5. The maximum absolute atomic E-state index is 11.5. The van der Waals surface area contributed by atoms with E-state index in [-0.39, 0.29) is 15.6 Å². The highest BCUT2D eigenvalue weighted by Gasteiger charge is 2.15. The molecule has 0 aliphatic carbocycles. The Morgan fingerprint density at radius 1 is 1.33 bits per heavy atom. The molecule has 5 heteroatoms. The lowest BCUT2D eigenvalue weighted by Crippen LogP contribution is -2.06. The highest BCUT2D eigenvalue weighted by atomic mass is 35.5. The van der Waals surface area contributed by atoms with Gasteiger partial charge in [0.2, 0.25) is 0 Å². The molecule has 0 heterocycles. The molecule has 0 N–H and O–H groups in total. The Labute approximate surface area is 103 Å². The van der Waals surface area contributed by atoms with E-state index < -0.39 is 5.97 Å². The van der Waals surface area contributed by atoms with Crippen LogP contribution in [0.15, 0.2) is 12.1 Å². The molecule has 0 aliphatic rings. The minimum absolute atomic E-state index is 0.169. The highest BCUT2D eigenvalue weighted by Crippen LogP contribution is 2.30. The monoisotopic (exact) mass is 266 g/mol. The first-order chi connectivity index (χ1) is 7.06. The predicted molar refractivity (Wildman–Crippen MR) is 62.0 cm³/mol. The van der Waals surface area contributed by atoms with Crippen LogP contribution < -0.4 is 0 Å².